The van der Waals surface area contributed by atoms with E-state index in [-0.39, 0.29) is 0 Å². The van der Waals surface area contributed by atoms with E-state index in [1.807, 2.05) is 24.3 Å². The Morgan fingerprint density at radius 1 is 1.10 bits per heavy atom. The molecule has 1 aromatic carbocycles. The highest BCUT2D eigenvalue weighted by Gasteiger charge is 2.15. The Kier molecular flexibility index (Phi) is 3.42. The Labute approximate surface area is 129 Å². The number of rotatable bonds is 3. The van der Waals surface area contributed by atoms with Crippen LogP contribution in [-0.2, 0) is 0 Å². The molecule has 0 aliphatic carbocycles. The first-order valence-electron chi connectivity index (χ1n) is 6.17. The van der Waals surface area contributed by atoms with Crippen LogP contribution in [0, 0.1) is 0 Å². The number of anilines is 1. The zero-order chi connectivity index (χ0) is 15.0. The lowest BCUT2D eigenvalue weighted by Gasteiger charge is -2.10. The van der Waals surface area contributed by atoms with Crippen molar-refractivity contribution >= 4 is 33.0 Å². The van der Waals surface area contributed by atoms with Crippen molar-refractivity contribution in [2.75, 3.05) is 20.0 Å². The van der Waals surface area contributed by atoms with E-state index < -0.39 is 0 Å². The Bertz CT molecular complexity index is 816. The molecule has 0 bridgehead atoms. The predicted molar refractivity (Wildman–Crippen MR) is 84.1 cm³/mol. The van der Waals surface area contributed by atoms with Gasteiger partial charge in [-0.1, -0.05) is 0 Å². The van der Waals surface area contributed by atoms with E-state index in [9.17, 15) is 0 Å². The van der Waals surface area contributed by atoms with Gasteiger partial charge in [-0.2, -0.15) is 4.98 Å². The molecule has 108 valence electrons. The molecule has 0 spiro atoms. The van der Waals surface area contributed by atoms with Crippen LogP contribution in [-0.4, -0.2) is 28.8 Å². The highest BCUT2D eigenvalue weighted by atomic mass is 79.9. The lowest BCUT2D eigenvalue weighted by molar-refractivity contribution is 0.399. The number of nitrogen functional groups attached to an aromatic ring is 1. The molecular formula is C14H13BrN4O2. The second-order valence-electron chi connectivity index (χ2n) is 4.32. The van der Waals surface area contributed by atoms with Crippen LogP contribution in [0.4, 0.5) is 5.95 Å². The van der Waals surface area contributed by atoms with E-state index >= 15 is 0 Å². The van der Waals surface area contributed by atoms with Crippen molar-refractivity contribution in [2.45, 2.75) is 0 Å². The van der Waals surface area contributed by atoms with Gasteiger partial charge in [0.25, 0.3) is 0 Å². The molecule has 3 rings (SSSR count). The lowest BCUT2D eigenvalue weighted by atomic mass is 10.3. The number of aromatic nitrogens is 3. The summed E-state index contributed by atoms with van der Waals surface area (Å²) in [7, 11) is 3.18. The van der Waals surface area contributed by atoms with E-state index in [0.717, 1.165) is 15.9 Å². The smallest absolute Gasteiger partial charge is 0.215 e. The molecule has 7 heteroatoms. The number of halogens is 1. The van der Waals surface area contributed by atoms with E-state index in [1.165, 1.54) is 0 Å². The van der Waals surface area contributed by atoms with Crippen molar-refractivity contribution in [1.29, 1.82) is 0 Å². The van der Waals surface area contributed by atoms with Gasteiger partial charge in [0.15, 0.2) is 5.65 Å². The molecule has 2 heterocycles. The third-order valence-corrected chi connectivity index (χ3v) is 3.78. The zero-order valence-corrected chi connectivity index (χ0v) is 13.1. The molecule has 0 aliphatic rings. The summed E-state index contributed by atoms with van der Waals surface area (Å²) >= 11 is 3.52. The number of benzene rings is 1. The first kappa shape index (κ1) is 13.7. The van der Waals surface area contributed by atoms with Gasteiger partial charge < -0.3 is 15.2 Å². The quantitative estimate of drug-likeness (QED) is 0.787. The van der Waals surface area contributed by atoms with Gasteiger partial charge >= 0.3 is 0 Å². The first-order chi connectivity index (χ1) is 10.1. The van der Waals surface area contributed by atoms with Crippen molar-refractivity contribution in [3.63, 3.8) is 0 Å². The van der Waals surface area contributed by atoms with E-state index in [2.05, 4.69) is 25.9 Å². The minimum absolute atomic E-state index is 0.347. The Morgan fingerprint density at radius 2 is 1.90 bits per heavy atom. The minimum Gasteiger partial charge on any atom is -0.497 e. The summed E-state index contributed by atoms with van der Waals surface area (Å²) in [4.78, 5) is 8.75. The van der Waals surface area contributed by atoms with Crippen molar-refractivity contribution in [2.24, 2.45) is 0 Å². The normalized spacial score (nSPS) is 10.8. The Hall–Kier alpha value is -2.28. The van der Waals surface area contributed by atoms with Gasteiger partial charge in [0.05, 0.1) is 19.9 Å². The van der Waals surface area contributed by atoms with Gasteiger partial charge in [0.2, 0.25) is 11.8 Å². The first-order valence-corrected chi connectivity index (χ1v) is 6.96. The van der Waals surface area contributed by atoms with Crippen molar-refractivity contribution in [1.82, 2.24) is 14.5 Å². The van der Waals surface area contributed by atoms with Crippen LogP contribution < -0.4 is 15.2 Å². The van der Waals surface area contributed by atoms with Crippen LogP contribution in [0.15, 0.2) is 34.8 Å². The van der Waals surface area contributed by atoms with Crippen LogP contribution in [0.2, 0.25) is 0 Å². The number of ether oxygens (including phenoxy) is 2. The highest BCUT2D eigenvalue weighted by Crippen LogP contribution is 2.31. The summed E-state index contributed by atoms with van der Waals surface area (Å²) < 4.78 is 13.0. The van der Waals surface area contributed by atoms with Gasteiger partial charge in [-0.05, 0) is 34.1 Å². The molecule has 2 aromatic heterocycles. The molecule has 0 radical (unpaired) electrons. The number of imidazole rings is 1. The summed E-state index contributed by atoms with van der Waals surface area (Å²) in [6.45, 7) is 0. The van der Waals surface area contributed by atoms with Crippen molar-refractivity contribution < 1.29 is 9.47 Å². The van der Waals surface area contributed by atoms with E-state index in [4.69, 9.17) is 15.2 Å². The van der Waals surface area contributed by atoms with Gasteiger partial charge in [-0.15, -0.1) is 0 Å². The van der Waals surface area contributed by atoms with Crippen molar-refractivity contribution in [3.05, 3.63) is 34.8 Å². The fourth-order valence-electron chi connectivity index (χ4n) is 2.10. The number of nitrogens with two attached hydrogens (primary N) is 1. The largest absolute Gasteiger partial charge is 0.497 e. The van der Waals surface area contributed by atoms with Crippen LogP contribution in [0.5, 0.6) is 11.6 Å². The van der Waals surface area contributed by atoms with Crippen LogP contribution in [0.25, 0.3) is 16.9 Å². The maximum atomic E-state index is 6.05. The molecule has 0 aliphatic heterocycles. The number of nitrogens with zero attached hydrogens (tertiary/aromatic N) is 3. The van der Waals surface area contributed by atoms with Gasteiger partial charge in [0.1, 0.15) is 11.3 Å². The summed E-state index contributed by atoms with van der Waals surface area (Å²) in [6, 6.07) is 9.18. The molecule has 3 aromatic rings. The second kappa shape index (κ2) is 5.25. The molecule has 6 nitrogen and oxygen atoms in total. The summed E-state index contributed by atoms with van der Waals surface area (Å²) in [5, 5.41) is 0. The molecular weight excluding hydrogens is 336 g/mol. The van der Waals surface area contributed by atoms with E-state index in [0.29, 0.717) is 23.0 Å². The number of pyridine rings is 1. The predicted octanol–water partition coefficient (Wildman–Crippen LogP) is 2.78. The zero-order valence-electron chi connectivity index (χ0n) is 11.5. The van der Waals surface area contributed by atoms with Gasteiger partial charge in [-0.25, -0.2) is 4.98 Å². The third-order valence-electron chi connectivity index (χ3n) is 3.11. The second-order valence-corrected chi connectivity index (χ2v) is 5.17. The maximum absolute atomic E-state index is 6.05. The molecule has 0 unspecified atom stereocenters. The third kappa shape index (κ3) is 2.29. The summed E-state index contributed by atoms with van der Waals surface area (Å²) in [6.07, 6.45) is 0. The maximum Gasteiger partial charge on any atom is 0.215 e. The minimum atomic E-state index is 0.347. The number of hydrogen-bond acceptors (Lipinski definition) is 5. The topological polar surface area (TPSA) is 75.2 Å². The average Bonchev–Trinajstić information content (AvgIpc) is 2.82. The fraction of sp³-hybridized carbons (Fsp3) is 0.143. The SMILES string of the molecule is COc1ccc(Br)c(-n2c(N)nc3ccc(OC)nc32)c1. The lowest BCUT2D eigenvalue weighted by Crippen LogP contribution is -2.03. The van der Waals surface area contributed by atoms with Crippen LogP contribution in [0.3, 0.4) is 0 Å². The number of fused-ring (bicyclic) bond motifs is 1. The number of hydrogen-bond donors (Lipinski definition) is 1. The molecule has 0 saturated heterocycles. The molecule has 0 fully saturated rings. The van der Waals surface area contributed by atoms with Gasteiger partial charge in [-0.3, -0.25) is 4.57 Å². The Morgan fingerprint density at radius 3 is 2.62 bits per heavy atom. The molecule has 0 saturated carbocycles. The highest BCUT2D eigenvalue weighted by molar-refractivity contribution is 9.10. The molecule has 21 heavy (non-hydrogen) atoms. The summed E-state index contributed by atoms with van der Waals surface area (Å²) in [5.41, 5.74) is 8.17. The van der Waals surface area contributed by atoms with E-state index in [1.54, 1.807) is 24.9 Å². The fourth-order valence-corrected chi connectivity index (χ4v) is 2.52. The van der Waals surface area contributed by atoms with Crippen LogP contribution in [0.1, 0.15) is 0 Å². The number of methoxy groups -OCH3 is 2. The summed E-state index contributed by atoms with van der Waals surface area (Å²) in [5.74, 6) is 1.57. The van der Waals surface area contributed by atoms with Crippen LogP contribution >= 0.6 is 15.9 Å². The monoisotopic (exact) mass is 348 g/mol. The Balaban J connectivity index is 2.31. The standard InChI is InChI=1S/C14H13BrN4O2/c1-20-8-3-4-9(15)11(7-8)19-13-10(17-14(19)16)5-6-12(18-13)21-2/h3-7H,1-2H3,(H2,16,17). The molecule has 0 atom stereocenters. The average molecular weight is 349 g/mol. The molecule has 0 amide bonds. The van der Waals surface area contributed by atoms with Crippen molar-refractivity contribution in [3.8, 4) is 17.3 Å². The molecule has 2 N–H and O–H groups in total. The van der Waals surface area contributed by atoms with Gasteiger partial charge in [0, 0.05) is 16.6 Å².